The van der Waals surface area contributed by atoms with E-state index >= 15 is 0 Å². The van der Waals surface area contributed by atoms with Crippen molar-refractivity contribution >= 4 is 17.5 Å². The van der Waals surface area contributed by atoms with E-state index in [1.165, 1.54) is 0 Å². The van der Waals surface area contributed by atoms with E-state index < -0.39 is 6.04 Å². The summed E-state index contributed by atoms with van der Waals surface area (Å²) in [6.07, 6.45) is 0. The van der Waals surface area contributed by atoms with Crippen LogP contribution in [0, 0.1) is 20.8 Å². The van der Waals surface area contributed by atoms with Crippen molar-refractivity contribution in [1.82, 2.24) is 14.9 Å². The largest absolute Gasteiger partial charge is 0.371 e. The number of aryl methyl sites for hydroxylation is 2. The second-order valence-corrected chi connectivity index (χ2v) is 5.98. The number of hydrogen-bond acceptors (Lipinski definition) is 5. The van der Waals surface area contributed by atoms with Crippen LogP contribution in [0.15, 0.2) is 40.9 Å². The summed E-state index contributed by atoms with van der Waals surface area (Å²) in [7, 11) is 0. The lowest BCUT2D eigenvalue weighted by Gasteiger charge is -2.14. The molecule has 7 nitrogen and oxygen atoms in total. The van der Waals surface area contributed by atoms with Gasteiger partial charge in [-0.2, -0.15) is 5.10 Å². The highest BCUT2D eigenvalue weighted by molar-refractivity contribution is 5.95. The first-order valence-electron chi connectivity index (χ1n) is 8.08. The lowest BCUT2D eigenvalue weighted by molar-refractivity contribution is -0.116. The number of anilines is 2. The van der Waals surface area contributed by atoms with Crippen LogP contribution in [0.4, 0.5) is 11.6 Å². The van der Waals surface area contributed by atoms with Crippen LogP contribution < -0.4 is 10.6 Å². The van der Waals surface area contributed by atoms with Crippen molar-refractivity contribution in [3.05, 3.63) is 53.5 Å². The van der Waals surface area contributed by atoms with Crippen LogP contribution in [-0.4, -0.2) is 26.9 Å². The maximum Gasteiger partial charge on any atom is 0.248 e. The van der Waals surface area contributed by atoms with E-state index in [1.54, 1.807) is 19.9 Å². The molecule has 25 heavy (non-hydrogen) atoms. The molecule has 1 aromatic carbocycles. The van der Waals surface area contributed by atoms with Gasteiger partial charge in [-0.25, -0.2) is 4.68 Å². The van der Waals surface area contributed by atoms with E-state index in [0.29, 0.717) is 11.6 Å². The first kappa shape index (κ1) is 16.8. The molecule has 2 aromatic heterocycles. The third kappa shape index (κ3) is 3.55. The normalized spacial score (nSPS) is 12.0. The smallest absolute Gasteiger partial charge is 0.248 e. The van der Waals surface area contributed by atoms with Gasteiger partial charge in [0.05, 0.1) is 28.5 Å². The van der Waals surface area contributed by atoms with Gasteiger partial charge in [0.15, 0.2) is 0 Å². The van der Waals surface area contributed by atoms with Gasteiger partial charge in [0.1, 0.15) is 6.04 Å². The topological polar surface area (TPSA) is 85.0 Å². The van der Waals surface area contributed by atoms with Crippen LogP contribution in [0.1, 0.15) is 24.0 Å². The molecule has 3 rings (SSSR count). The van der Waals surface area contributed by atoms with Crippen molar-refractivity contribution in [1.29, 1.82) is 0 Å². The minimum absolute atomic E-state index is 0.206. The molecule has 2 N–H and O–H groups in total. The Labute approximate surface area is 146 Å². The van der Waals surface area contributed by atoms with Crippen molar-refractivity contribution in [2.75, 3.05) is 10.6 Å². The molecule has 0 aliphatic heterocycles. The summed E-state index contributed by atoms with van der Waals surface area (Å²) < 4.78 is 6.88. The molecule has 2 heterocycles. The van der Waals surface area contributed by atoms with Gasteiger partial charge in [-0.1, -0.05) is 23.4 Å². The predicted molar refractivity (Wildman–Crippen MR) is 96.0 cm³/mol. The minimum atomic E-state index is -0.462. The number of rotatable bonds is 5. The molecule has 0 bridgehead atoms. The average Bonchev–Trinajstić information content (AvgIpc) is 3.13. The summed E-state index contributed by atoms with van der Waals surface area (Å²) in [6.45, 7) is 7.47. The molecule has 1 amide bonds. The minimum Gasteiger partial charge on any atom is -0.371 e. The summed E-state index contributed by atoms with van der Waals surface area (Å²) >= 11 is 0. The third-order valence-electron chi connectivity index (χ3n) is 3.92. The van der Waals surface area contributed by atoms with Gasteiger partial charge in [0.25, 0.3) is 0 Å². The zero-order chi connectivity index (χ0) is 18.0. The van der Waals surface area contributed by atoms with Gasteiger partial charge in [-0.05, 0) is 39.8 Å². The molecule has 0 unspecified atom stereocenters. The molecule has 0 spiro atoms. The molecule has 0 saturated carbocycles. The van der Waals surface area contributed by atoms with Gasteiger partial charge >= 0.3 is 0 Å². The maximum absolute atomic E-state index is 12.3. The molecule has 3 aromatic rings. The summed E-state index contributed by atoms with van der Waals surface area (Å²) in [4.78, 5) is 12.3. The molecule has 0 aliphatic rings. The fraction of sp³-hybridized carbons (Fsp3) is 0.278. The lowest BCUT2D eigenvalue weighted by atomic mass is 10.2. The van der Waals surface area contributed by atoms with Crippen molar-refractivity contribution in [2.45, 2.75) is 33.7 Å². The SMILES string of the molecule is Cc1cc(NC(=O)[C@H](C)Nc2c(C)nn(-c3ccccc3)c2C)on1. The van der Waals surface area contributed by atoms with E-state index in [4.69, 9.17) is 4.52 Å². The number of nitrogens with one attached hydrogen (secondary N) is 2. The fourth-order valence-electron chi connectivity index (χ4n) is 2.61. The Morgan fingerprint density at radius 1 is 1.20 bits per heavy atom. The highest BCUT2D eigenvalue weighted by Crippen LogP contribution is 2.23. The van der Waals surface area contributed by atoms with Crippen molar-refractivity contribution in [2.24, 2.45) is 0 Å². The quantitative estimate of drug-likeness (QED) is 0.745. The first-order chi connectivity index (χ1) is 12.0. The van der Waals surface area contributed by atoms with Crippen LogP contribution in [0.5, 0.6) is 0 Å². The summed E-state index contributed by atoms with van der Waals surface area (Å²) in [5, 5.41) is 14.3. The van der Waals surface area contributed by atoms with Gasteiger partial charge < -0.3 is 9.84 Å². The number of benzene rings is 1. The Balaban J connectivity index is 1.76. The van der Waals surface area contributed by atoms with E-state index in [9.17, 15) is 4.79 Å². The molecule has 0 radical (unpaired) electrons. The van der Waals surface area contributed by atoms with Gasteiger partial charge in [0.2, 0.25) is 11.8 Å². The van der Waals surface area contributed by atoms with Crippen LogP contribution >= 0.6 is 0 Å². The summed E-state index contributed by atoms with van der Waals surface area (Å²) in [6, 6.07) is 11.1. The van der Waals surface area contributed by atoms with E-state index in [-0.39, 0.29) is 5.91 Å². The van der Waals surface area contributed by atoms with Crippen LogP contribution in [-0.2, 0) is 4.79 Å². The van der Waals surface area contributed by atoms with E-state index in [2.05, 4.69) is 20.9 Å². The van der Waals surface area contributed by atoms with Crippen LogP contribution in [0.2, 0.25) is 0 Å². The Hall–Kier alpha value is -3.09. The van der Waals surface area contributed by atoms with Crippen molar-refractivity contribution in [3.63, 3.8) is 0 Å². The predicted octanol–water partition coefficient (Wildman–Crippen LogP) is 3.22. The number of hydrogen-bond donors (Lipinski definition) is 2. The van der Waals surface area contributed by atoms with Gasteiger partial charge in [0, 0.05) is 6.07 Å². The number of amides is 1. The summed E-state index contributed by atoms with van der Waals surface area (Å²) in [5.74, 6) is 0.131. The Morgan fingerprint density at radius 2 is 1.92 bits per heavy atom. The molecule has 0 aliphatic carbocycles. The zero-order valence-electron chi connectivity index (χ0n) is 14.7. The monoisotopic (exact) mass is 339 g/mol. The number of para-hydroxylation sites is 1. The number of carbonyl (C=O) groups is 1. The highest BCUT2D eigenvalue weighted by Gasteiger charge is 2.19. The van der Waals surface area contributed by atoms with Crippen molar-refractivity contribution in [3.8, 4) is 5.69 Å². The number of carbonyl (C=O) groups excluding carboxylic acids is 1. The van der Waals surface area contributed by atoms with Gasteiger partial charge in [-0.15, -0.1) is 0 Å². The Kier molecular flexibility index (Phi) is 4.56. The second-order valence-electron chi connectivity index (χ2n) is 5.98. The molecule has 0 fully saturated rings. The number of aromatic nitrogens is 3. The lowest BCUT2D eigenvalue weighted by Crippen LogP contribution is -2.32. The van der Waals surface area contributed by atoms with E-state index in [1.807, 2.05) is 48.9 Å². The zero-order valence-corrected chi connectivity index (χ0v) is 14.7. The molecule has 130 valence electrons. The highest BCUT2D eigenvalue weighted by atomic mass is 16.5. The van der Waals surface area contributed by atoms with Crippen molar-refractivity contribution < 1.29 is 9.32 Å². The number of nitrogens with zero attached hydrogens (tertiary/aromatic N) is 3. The Morgan fingerprint density at radius 3 is 2.56 bits per heavy atom. The third-order valence-corrected chi connectivity index (χ3v) is 3.92. The maximum atomic E-state index is 12.3. The van der Waals surface area contributed by atoms with Crippen LogP contribution in [0.3, 0.4) is 0 Å². The van der Waals surface area contributed by atoms with Crippen LogP contribution in [0.25, 0.3) is 5.69 Å². The molecular weight excluding hydrogens is 318 g/mol. The standard InChI is InChI=1S/C18H21N5O2/c1-11-10-16(25-22-11)20-18(24)13(3)19-17-12(2)21-23(14(17)4)15-8-6-5-7-9-15/h5-10,13,19H,1-4H3,(H,20,24)/t13-/m0/s1. The average molecular weight is 339 g/mol. The molecule has 1 atom stereocenters. The molecule has 7 heteroatoms. The summed E-state index contributed by atoms with van der Waals surface area (Å²) in [5.41, 5.74) is 4.31. The van der Waals surface area contributed by atoms with Gasteiger partial charge in [-0.3, -0.25) is 10.1 Å². The van der Waals surface area contributed by atoms with E-state index in [0.717, 1.165) is 22.8 Å². The second kappa shape index (κ2) is 6.80. The molecule has 0 saturated heterocycles. The first-order valence-corrected chi connectivity index (χ1v) is 8.08. The fourth-order valence-corrected chi connectivity index (χ4v) is 2.61. The molecular formula is C18H21N5O2. The Bertz CT molecular complexity index is 882.